The zero-order chi connectivity index (χ0) is 12.0. The summed E-state index contributed by atoms with van der Waals surface area (Å²) in [6.07, 6.45) is 6.00. The molecule has 0 spiro atoms. The summed E-state index contributed by atoms with van der Waals surface area (Å²) >= 11 is 0. The molecule has 0 bridgehead atoms. The third kappa shape index (κ3) is 4.14. The van der Waals surface area contributed by atoms with E-state index in [1.807, 2.05) is 6.08 Å². The van der Waals surface area contributed by atoms with Gasteiger partial charge in [0, 0.05) is 6.20 Å². The fourth-order valence-corrected chi connectivity index (χ4v) is 2.25. The van der Waals surface area contributed by atoms with Gasteiger partial charge in [-0.2, -0.15) is 0 Å². The van der Waals surface area contributed by atoms with Crippen LogP contribution in [0, 0.1) is 5.92 Å². The van der Waals surface area contributed by atoms with Gasteiger partial charge < -0.3 is 0 Å². The quantitative estimate of drug-likeness (QED) is 0.741. The lowest BCUT2D eigenvalue weighted by Crippen LogP contribution is -2.06. The van der Waals surface area contributed by atoms with Crippen molar-refractivity contribution in [2.75, 3.05) is 5.75 Å². The van der Waals surface area contributed by atoms with Crippen LogP contribution in [0.4, 0.5) is 0 Å². The molecule has 0 N–H and O–H groups in total. The number of pyridine rings is 1. The van der Waals surface area contributed by atoms with Crippen LogP contribution in [0.3, 0.4) is 0 Å². The van der Waals surface area contributed by atoms with Gasteiger partial charge in [-0.05, 0) is 24.5 Å². The van der Waals surface area contributed by atoms with E-state index in [2.05, 4.69) is 18.8 Å². The molecule has 0 amide bonds. The number of sulfone groups is 1. The molecule has 88 valence electrons. The number of allylic oxidation sites excluding steroid dienone is 1. The van der Waals surface area contributed by atoms with Crippen molar-refractivity contribution in [3.05, 3.63) is 36.5 Å². The van der Waals surface area contributed by atoms with E-state index < -0.39 is 9.84 Å². The predicted molar refractivity (Wildman–Crippen MR) is 64.9 cm³/mol. The third-order valence-electron chi connectivity index (χ3n) is 2.05. The normalized spacial score (nSPS) is 12.4. The summed E-state index contributed by atoms with van der Waals surface area (Å²) in [7, 11) is -3.26. The molecule has 0 radical (unpaired) electrons. The molecule has 1 heterocycles. The van der Waals surface area contributed by atoms with Crippen LogP contribution in [-0.4, -0.2) is 19.2 Å². The van der Waals surface area contributed by atoms with Crippen LogP contribution in [0.1, 0.15) is 20.3 Å². The van der Waals surface area contributed by atoms with Gasteiger partial charge in [0.25, 0.3) is 0 Å². The minimum atomic E-state index is -3.26. The van der Waals surface area contributed by atoms with E-state index >= 15 is 0 Å². The first-order valence-electron chi connectivity index (χ1n) is 5.31. The van der Waals surface area contributed by atoms with Crippen LogP contribution in [0.5, 0.6) is 0 Å². The third-order valence-corrected chi connectivity index (χ3v) is 3.56. The Morgan fingerprint density at radius 3 is 2.62 bits per heavy atom. The van der Waals surface area contributed by atoms with Crippen molar-refractivity contribution in [3.8, 4) is 0 Å². The molecule has 0 saturated heterocycles. The highest BCUT2D eigenvalue weighted by Gasteiger charge is 2.12. The van der Waals surface area contributed by atoms with Crippen molar-refractivity contribution in [3.63, 3.8) is 0 Å². The summed E-state index contributed by atoms with van der Waals surface area (Å²) in [5, 5.41) is 0.143. The maximum Gasteiger partial charge on any atom is 0.199 e. The van der Waals surface area contributed by atoms with Crippen molar-refractivity contribution >= 4 is 9.84 Å². The predicted octanol–water partition coefficient (Wildman–Crippen LogP) is 2.46. The zero-order valence-electron chi connectivity index (χ0n) is 9.63. The average Bonchev–Trinajstić information content (AvgIpc) is 2.26. The second-order valence-corrected chi connectivity index (χ2v) is 6.03. The lowest BCUT2D eigenvalue weighted by Gasteiger charge is -2.00. The Morgan fingerprint density at radius 1 is 1.31 bits per heavy atom. The van der Waals surface area contributed by atoms with E-state index in [-0.39, 0.29) is 10.8 Å². The van der Waals surface area contributed by atoms with Crippen LogP contribution in [0.15, 0.2) is 41.6 Å². The minimum Gasteiger partial charge on any atom is -0.245 e. The summed E-state index contributed by atoms with van der Waals surface area (Å²) in [5.41, 5.74) is 0. The van der Waals surface area contributed by atoms with E-state index in [0.717, 1.165) is 6.42 Å². The average molecular weight is 239 g/mol. The van der Waals surface area contributed by atoms with Crippen LogP contribution < -0.4 is 0 Å². The Bertz CT molecular complexity index is 435. The van der Waals surface area contributed by atoms with E-state index in [4.69, 9.17) is 0 Å². The maximum absolute atomic E-state index is 11.8. The maximum atomic E-state index is 11.8. The van der Waals surface area contributed by atoms with Gasteiger partial charge >= 0.3 is 0 Å². The SMILES string of the molecule is CC(C)CC=CCS(=O)(=O)c1ccccn1. The van der Waals surface area contributed by atoms with Crippen LogP contribution in [0.2, 0.25) is 0 Å². The standard InChI is InChI=1S/C12H17NO2S/c1-11(2)7-4-6-10-16(14,15)12-8-3-5-9-13-12/h3-6,8-9,11H,7,10H2,1-2H3. The minimum absolute atomic E-state index is 0.0245. The molecule has 0 saturated carbocycles. The fourth-order valence-electron chi connectivity index (χ4n) is 1.18. The smallest absolute Gasteiger partial charge is 0.199 e. The molecule has 0 unspecified atom stereocenters. The molecule has 1 aromatic heterocycles. The van der Waals surface area contributed by atoms with Gasteiger partial charge in [0.1, 0.15) is 0 Å². The first kappa shape index (κ1) is 12.9. The summed E-state index contributed by atoms with van der Waals surface area (Å²) in [4.78, 5) is 3.84. The van der Waals surface area contributed by atoms with E-state index in [9.17, 15) is 8.42 Å². The molecule has 1 rings (SSSR count). The zero-order valence-corrected chi connectivity index (χ0v) is 10.4. The Hall–Kier alpha value is -1.16. The molecule has 1 aromatic rings. The Balaban J connectivity index is 2.64. The summed E-state index contributed by atoms with van der Waals surface area (Å²) in [5.74, 6) is 0.574. The second kappa shape index (κ2) is 5.80. The largest absolute Gasteiger partial charge is 0.245 e. The Labute approximate surface area is 97.1 Å². The highest BCUT2D eigenvalue weighted by atomic mass is 32.2. The van der Waals surface area contributed by atoms with Crippen molar-refractivity contribution in [2.24, 2.45) is 5.92 Å². The fraction of sp³-hybridized carbons (Fsp3) is 0.417. The van der Waals surface area contributed by atoms with Gasteiger partial charge in [0.2, 0.25) is 0 Å². The van der Waals surface area contributed by atoms with Crippen LogP contribution >= 0.6 is 0 Å². The molecular formula is C12H17NO2S. The lowest BCUT2D eigenvalue weighted by atomic mass is 10.1. The van der Waals surface area contributed by atoms with E-state index in [1.54, 1.807) is 18.2 Å². The molecule has 0 atom stereocenters. The van der Waals surface area contributed by atoms with Gasteiger partial charge in [-0.15, -0.1) is 0 Å². The number of nitrogens with zero attached hydrogens (tertiary/aromatic N) is 1. The molecule has 16 heavy (non-hydrogen) atoms. The molecule has 0 aromatic carbocycles. The topological polar surface area (TPSA) is 47.0 Å². The second-order valence-electron chi connectivity index (χ2n) is 4.05. The molecular weight excluding hydrogens is 222 g/mol. The van der Waals surface area contributed by atoms with E-state index in [0.29, 0.717) is 5.92 Å². The highest BCUT2D eigenvalue weighted by Crippen LogP contribution is 2.07. The van der Waals surface area contributed by atoms with Gasteiger partial charge in [-0.25, -0.2) is 13.4 Å². The lowest BCUT2D eigenvalue weighted by molar-refractivity contribution is 0.595. The Morgan fingerprint density at radius 2 is 2.06 bits per heavy atom. The van der Waals surface area contributed by atoms with E-state index in [1.165, 1.54) is 12.3 Å². The molecule has 0 fully saturated rings. The van der Waals surface area contributed by atoms with Crippen molar-refractivity contribution in [1.29, 1.82) is 0 Å². The summed E-state index contributed by atoms with van der Waals surface area (Å²) in [6, 6.07) is 4.90. The molecule has 4 heteroatoms. The van der Waals surface area contributed by atoms with Gasteiger partial charge in [-0.3, -0.25) is 0 Å². The van der Waals surface area contributed by atoms with Crippen molar-refractivity contribution in [1.82, 2.24) is 4.98 Å². The Kier molecular flexibility index (Phi) is 4.68. The van der Waals surface area contributed by atoms with Crippen LogP contribution in [0.25, 0.3) is 0 Å². The van der Waals surface area contributed by atoms with Gasteiger partial charge in [0.05, 0.1) is 5.75 Å². The molecule has 0 aliphatic heterocycles. The van der Waals surface area contributed by atoms with Crippen molar-refractivity contribution in [2.45, 2.75) is 25.3 Å². The number of rotatable bonds is 5. The first-order valence-corrected chi connectivity index (χ1v) is 6.96. The molecule has 0 aliphatic carbocycles. The van der Waals surface area contributed by atoms with Gasteiger partial charge in [-0.1, -0.05) is 32.1 Å². The number of hydrogen-bond acceptors (Lipinski definition) is 3. The van der Waals surface area contributed by atoms with Crippen molar-refractivity contribution < 1.29 is 8.42 Å². The molecule has 3 nitrogen and oxygen atoms in total. The number of aromatic nitrogens is 1. The highest BCUT2D eigenvalue weighted by molar-refractivity contribution is 7.91. The first-order chi connectivity index (χ1) is 7.52. The number of hydrogen-bond donors (Lipinski definition) is 0. The summed E-state index contributed by atoms with van der Waals surface area (Å²) < 4.78 is 23.5. The van der Waals surface area contributed by atoms with Crippen LogP contribution in [-0.2, 0) is 9.84 Å². The molecule has 0 aliphatic rings. The monoisotopic (exact) mass is 239 g/mol. The van der Waals surface area contributed by atoms with Gasteiger partial charge in [0.15, 0.2) is 14.9 Å². The summed E-state index contributed by atoms with van der Waals surface area (Å²) in [6.45, 7) is 4.19.